The Morgan fingerprint density at radius 1 is 1.25 bits per heavy atom. The largest absolute Gasteiger partial charge is 0.497 e. The Kier molecular flexibility index (Phi) is 6.99. The van der Waals surface area contributed by atoms with E-state index in [0.29, 0.717) is 12.3 Å². The highest BCUT2D eigenvalue weighted by Crippen LogP contribution is 2.26. The quantitative estimate of drug-likeness (QED) is 0.817. The van der Waals surface area contributed by atoms with Crippen molar-refractivity contribution in [2.75, 3.05) is 32.5 Å². The van der Waals surface area contributed by atoms with E-state index < -0.39 is 0 Å². The Labute approximate surface area is 150 Å². The fourth-order valence-electron chi connectivity index (χ4n) is 2.88. The number of hydrogen-bond acceptors (Lipinski definition) is 4. The number of likely N-dealkylation sites (tertiary alicyclic amines) is 1. The van der Waals surface area contributed by atoms with Crippen molar-refractivity contribution in [1.29, 1.82) is 0 Å². The van der Waals surface area contributed by atoms with Crippen LogP contribution in [0.3, 0.4) is 0 Å². The molecule has 1 aromatic rings. The molecule has 2 rings (SSSR count). The van der Waals surface area contributed by atoms with Crippen molar-refractivity contribution in [2.45, 2.75) is 44.4 Å². The van der Waals surface area contributed by atoms with Gasteiger partial charge in [-0.25, -0.2) is 0 Å². The van der Waals surface area contributed by atoms with Gasteiger partial charge in [0, 0.05) is 11.3 Å². The number of rotatable bonds is 7. The molecule has 134 valence electrons. The molecule has 1 saturated heterocycles. The van der Waals surface area contributed by atoms with Crippen molar-refractivity contribution >= 4 is 17.7 Å². The predicted molar refractivity (Wildman–Crippen MR) is 102 cm³/mol. The monoisotopic (exact) mass is 350 g/mol. The number of hydrogen-bond donors (Lipinski definition) is 1. The van der Waals surface area contributed by atoms with E-state index in [2.05, 4.69) is 43.1 Å². The average molecular weight is 351 g/mol. The van der Waals surface area contributed by atoms with Gasteiger partial charge >= 0.3 is 0 Å². The summed E-state index contributed by atoms with van der Waals surface area (Å²) in [5.41, 5.74) is 1.24. The molecule has 1 N–H and O–H groups in total. The van der Waals surface area contributed by atoms with Crippen LogP contribution in [0.4, 0.5) is 0 Å². The summed E-state index contributed by atoms with van der Waals surface area (Å²) in [6.45, 7) is 9.27. The van der Waals surface area contributed by atoms with Crippen molar-refractivity contribution in [2.24, 2.45) is 0 Å². The second-order valence-corrected chi connectivity index (χ2v) is 9.04. The number of amides is 1. The Bertz CT molecular complexity index is 519. The van der Waals surface area contributed by atoms with Crippen molar-refractivity contribution in [1.82, 2.24) is 10.2 Å². The maximum absolute atomic E-state index is 12.2. The summed E-state index contributed by atoms with van der Waals surface area (Å²) >= 11 is 1.68. The van der Waals surface area contributed by atoms with Crippen LogP contribution in [0.2, 0.25) is 0 Å². The van der Waals surface area contributed by atoms with Crippen LogP contribution in [0.5, 0.6) is 5.75 Å². The third-order valence-corrected chi connectivity index (χ3v) is 5.48. The van der Waals surface area contributed by atoms with Gasteiger partial charge in [0.1, 0.15) is 5.75 Å². The fraction of sp³-hybridized carbons (Fsp3) is 0.632. The number of thioether (sulfide) groups is 1. The lowest BCUT2D eigenvalue weighted by atomic mass is 10.1. The van der Waals surface area contributed by atoms with Gasteiger partial charge in [-0.05, 0) is 43.6 Å². The van der Waals surface area contributed by atoms with Crippen LogP contribution in [-0.4, -0.2) is 48.1 Å². The van der Waals surface area contributed by atoms with Gasteiger partial charge in [-0.1, -0.05) is 32.9 Å². The number of nitrogens with one attached hydrogen (secondary N) is 1. The molecule has 1 heterocycles. The van der Waals surface area contributed by atoms with Crippen LogP contribution in [0, 0.1) is 0 Å². The first kappa shape index (κ1) is 19.1. The molecule has 1 unspecified atom stereocenters. The van der Waals surface area contributed by atoms with Gasteiger partial charge in [-0.3, -0.25) is 9.69 Å². The molecule has 1 aromatic carbocycles. The first-order valence-electron chi connectivity index (χ1n) is 8.68. The molecule has 24 heavy (non-hydrogen) atoms. The smallest absolute Gasteiger partial charge is 0.230 e. The molecule has 1 amide bonds. The van der Waals surface area contributed by atoms with E-state index in [1.54, 1.807) is 18.9 Å². The minimum atomic E-state index is 0.113. The van der Waals surface area contributed by atoms with Gasteiger partial charge < -0.3 is 10.1 Å². The molecule has 0 spiro atoms. The normalized spacial score (nSPS) is 16.8. The van der Waals surface area contributed by atoms with E-state index in [1.807, 2.05) is 12.1 Å². The van der Waals surface area contributed by atoms with Crippen molar-refractivity contribution in [3.05, 3.63) is 29.8 Å². The molecular weight excluding hydrogens is 320 g/mol. The Hall–Kier alpha value is -1.20. The molecule has 1 aliphatic heterocycles. The van der Waals surface area contributed by atoms with Crippen molar-refractivity contribution < 1.29 is 9.53 Å². The van der Waals surface area contributed by atoms with Crippen LogP contribution in [0.25, 0.3) is 0 Å². The summed E-state index contributed by atoms with van der Waals surface area (Å²) in [7, 11) is 1.68. The van der Waals surface area contributed by atoms with Crippen LogP contribution in [0.15, 0.2) is 24.3 Å². The van der Waals surface area contributed by atoms with Crippen LogP contribution in [0.1, 0.15) is 45.2 Å². The van der Waals surface area contributed by atoms with E-state index >= 15 is 0 Å². The molecule has 1 fully saturated rings. The topological polar surface area (TPSA) is 41.6 Å². The van der Waals surface area contributed by atoms with Gasteiger partial charge in [0.25, 0.3) is 0 Å². The molecule has 0 radical (unpaired) electrons. The predicted octanol–water partition coefficient (Wildman–Crippen LogP) is 3.48. The SMILES string of the molecule is COc1ccc(C(CNC(=O)CSC(C)(C)C)N2CCCC2)cc1. The molecule has 4 nitrogen and oxygen atoms in total. The molecular formula is C19H30N2O2S. The standard InChI is InChI=1S/C19H30N2O2S/c1-19(2,3)24-14-18(22)20-13-17(21-11-5-6-12-21)15-7-9-16(23-4)10-8-15/h7-10,17H,5-6,11-14H2,1-4H3,(H,20,22). The number of benzene rings is 1. The van der Waals surface area contributed by atoms with Gasteiger partial charge in [0.15, 0.2) is 0 Å². The van der Waals surface area contributed by atoms with E-state index in [-0.39, 0.29) is 16.7 Å². The number of carbonyl (C=O) groups excluding carboxylic acids is 1. The van der Waals surface area contributed by atoms with Crippen LogP contribution < -0.4 is 10.1 Å². The van der Waals surface area contributed by atoms with Crippen LogP contribution in [-0.2, 0) is 4.79 Å². The Balaban J connectivity index is 1.97. The number of carbonyl (C=O) groups is 1. The molecule has 0 aromatic heterocycles. The maximum Gasteiger partial charge on any atom is 0.230 e. The van der Waals surface area contributed by atoms with E-state index in [1.165, 1.54) is 18.4 Å². The highest BCUT2D eigenvalue weighted by atomic mass is 32.2. The number of ether oxygens (including phenoxy) is 1. The molecule has 1 aliphatic rings. The molecule has 0 aliphatic carbocycles. The lowest BCUT2D eigenvalue weighted by Gasteiger charge is -2.28. The van der Waals surface area contributed by atoms with Crippen LogP contribution >= 0.6 is 11.8 Å². The summed E-state index contributed by atoms with van der Waals surface area (Å²) < 4.78 is 5.36. The van der Waals surface area contributed by atoms with E-state index in [9.17, 15) is 4.79 Å². The molecule has 5 heteroatoms. The van der Waals surface area contributed by atoms with E-state index in [4.69, 9.17) is 4.74 Å². The summed E-state index contributed by atoms with van der Waals surface area (Å²) in [5.74, 6) is 1.50. The van der Waals surface area contributed by atoms with Crippen molar-refractivity contribution in [3.63, 3.8) is 0 Å². The van der Waals surface area contributed by atoms with Gasteiger partial charge in [0.2, 0.25) is 5.91 Å². The summed E-state index contributed by atoms with van der Waals surface area (Å²) in [5, 5.41) is 3.13. The number of methoxy groups -OCH3 is 1. The molecule has 0 bridgehead atoms. The lowest BCUT2D eigenvalue weighted by molar-refractivity contribution is -0.118. The summed E-state index contributed by atoms with van der Waals surface area (Å²) in [6.07, 6.45) is 2.47. The first-order chi connectivity index (χ1) is 11.4. The fourth-order valence-corrected chi connectivity index (χ4v) is 3.55. The minimum Gasteiger partial charge on any atom is -0.497 e. The van der Waals surface area contributed by atoms with Crippen molar-refractivity contribution in [3.8, 4) is 5.75 Å². The highest BCUT2D eigenvalue weighted by Gasteiger charge is 2.24. The van der Waals surface area contributed by atoms with Gasteiger partial charge in [-0.2, -0.15) is 0 Å². The Morgan fingerprint density at radius 2 is 1.88 bits per heavy atom. The third kappa shape index (κ3) is 6.02. The average Bonchev–Trinajstić information content (AvgIpc) is 3.07. The zero-order valence-corrected chi connectivity index (χ0v) is 16.1. The summed E-state index contributed by atoms with van der Waals surface area (Å²) in [4.78, 5) is 14.6. The number of nitrogens with zero attached hydrogens (tertiary/aromatic N) is 1. The minimum absolute atomic E-state index is 0.113. The first-order valence-corrected chi connectivity index (χ1v) is 9.66. The van der Waals surface area contributed by atoms with Gasteiger partial charge in [-0.15, -0.1) is 11.8 Å². The van der Waals surface area contributed by atoms with E-state index in [0.717, 1.165) is 18.8 Å². The maximum atomic E-state index is 12.2. The zero-order valence-electron chi connectivity index (χ0n) is 15.3. The summed E-state index contributed by atoms with van der Waals surface area (Å²) in [6, 6.07) is 8.45. The van der Waals surface area contributed by atoms with Gasteiger partial charge in [0.05, 0.1) is 18.9 Å². The zero-order chi connectivity index (χ0) is 17.6. The lowest BCUT2D eigenvalue weighted by Crippen LogP contribution is -2.37. The third-order valence-electron chi connectivity index (χ3n) is 4.21. The molecule has 1 atom stereocenters. The molecule has 0 saturated carbocycles. The second-order valence-electron chi connectivity index (χ2n) is 7.24. The second kappa shape index (κ2) is 8.77. The Morgan fingerprint density at radius 3 is 2.42 bits per heavy atom. The highest BCUT2D eigenvalue weighted by molar-refractivity contribution is 8.01.